The molecule has 2 aromatic rings. The zero-order valence-corrected chi connectivity index (χ0v) is 19.2. The SMILES string of the molecule is Cc1cccc(-c2cn([C@H]3C[C@H](CN)C3)nc2C2CCN(C(=O)OC(C)(C)C)CC2)n1. The van der Waals surface area contributed by atoms with Crippen molar-refractivity contribution in [3.05, 3.63) is 35.8 Å². The number of piperidine rings is 1. The summed E-state index contributed by atoms with van der Waals surface area (Å²) in [5.74, 6) is 0.915. The van der Waals surface area contributed by atoms with Crippen LogP contribution in [0.2, 0.25) is 0 Å². The van der Waals surface area contributed by atoms with Gasteiger partial charge in [-0.05, 0) is 78.0 Å². The van der Waals surface area contributed by atoms with E-state index in [1.807, 2.05) is 38.7 Å². The number of aromatic nitrogens is 3. The molecule has 0 unspecified atom stereocenters. The summed E-state index contributed by atoms with van der Waals surface area (Å²) in [5, 5.41) is 5.06. The van der Waals surface area contributed by atoms with Gasteiger partial charge in [0.1, 0.15) is 5.60 Å². The summed E-state index contributed by atoms with van der Waals surface area (Å²) >= 11 is 0. The molecule has 2 N–H and O–H groups in total. The van der Waals surface area contributed by atoms with Crippen molar-refractivity contribution >= 4 is 6.09 Å². The highest BCUT2D eigenvalue weighted by molar-refractivity contribution is 5.68. The molecule has 2 aliphatic rings. The Kier molecular flexibility index (Phi) is 6.06. The van der Waals surface area contributed by atoms with Crippen molar-refractivity contribution in [3.63, 3.8) is 0 Å². The molecule has 0 spiro atoms. The van der Waals surface area contributed by atoms with Crippen LogP contribution in [0.4, 0.5) is 4.79 Å². The minimum absolute atomic E-state index is 0.223. The summed E-state index contributed by atoms with van der Waals surface area (Å²) < 4.78 is 7.69. The van der Waals surface area contributed by atoms with E-state index in [2.05, 4.69) is 23.0 Å². The van der Waals surface area contributed by atoms with E-state index in [9.17, 15) is 4.79 Å². The molecule has 0 aromatic carbocycles. The summed E-state index contributed by atoms with van der Waals surface area (Å²) in [6.45, 7) is 9.85. The number of carbonyl (C=O) groups excluding carboxylic acids is 1. The minimum Gasteiger partial charge on any atom is -0.444 e. The molecule has 7 nitrogen and oxygen atoms in total. The molecule has 1 saturated heterocycles. The van der Waals surface area contributed by atoms with Gasteiger partial charge in [0, 0.05) is 36.5 Å². The largest absolute Gasteiger partial charge is 0.444 e. The predicted octanol–water partition coefficient (Wildman–Crippen LogP) is 4.28. The number of carbonyl (C=O) groups is 1. The molecule has 168 valence electrons. The number of amides is 1. The van der Waals surface area contributed by atoms with Gasteiger partial charge in [0.05, 0.1) is 17.4 Å². The lowest BCUT2D eigenvalue weighted by Crippen LogP contribution is -2.41. The molecular weight excluding hydrogens is 390 g/mol. The van der Waals surface area contributed by atoms with Gasteiger partial charge in [-0.2, -0.15) is 5.10 Å². The first-order valence-corrected chi connectivity index (χ1v) is 11.4. The van der Waals surface area contributed by atoms with E-state index in [-0.39, 0.29) is 6.09 Å². The Morgan fingerprint density at radius 3 is 2.55 bits per heavy atom. The molecule has 0 bridgehead atoms. The van der Waals surface area contributed by atoms with E-state index < -0.39 is 5.60 Å². The van der Waals surface area contributed by atoms with Crippen LogP contribution in [0.15, 0.2) is 24.4 Å². The van der Waals surface area contributed by atoms with E-state index in [0.717, 1.165) is 54.9 Å². The van der Waals surface area contributed by atoms with Crippen LogP contribution in [-0.4, -0.2) is 51.0 Å². The molecule has 1 aliphatic heterocycles. The van der Waals surface area contributed by atoms with Crippen LogP contribution in [0.25, 0.3) is 11.3 Å². The Balaban J connectivity index is 1.53. The van der Waals surface area contributed by atoms with Crippen molar-refractivity contribution in [3.8, 4) is 11.3 Å². The summed E-state index contributed by atoms with van der Waals surface area (Å²) in [5.41, 5.74) is 9.57. The number of hydrogen-bond acceptors (Lipinski definition) is 5. The van der Waals surface area contributed by atoms with E-state index in [0.29, 0.717) is 31.0 Å². The van der Waals surface area contributed by atoms with Crippen molar-refractivity contribution in [2.45, 2.75) is 70.9 Å². The number of nitrogens with zero attached hydrogens (tertiary/aromatic N) is 4. The van der Waals surface area contributed by atoms with Crippen LogP contribution in [0.5, 0.6) is 0 Å². The molecule has 1 amide bonds. The minimum atomic E-state index is -0.471. The number of nitrogens with two attached hydrogens (primary N) is 1. The Morgan fingerprint density at radius 1 is 1.23 bits per heavy atom. The monoisotopic (exact) mass is 425 g/mol. The van der Waals surface area contributed by atoms with Gasteiger partial charge in [0.25, 0.3) is 0 Å². The van der Waals surface area contributed by atoms with E-state index >= 15 is 0 Å². The van der Waals surface area contributed by atoms with Crippen LogP contribution >= 0.6 is 0 Å². The average Bonchev–Trinajstić information content (AvgIpc) is 3.11. The number of rotatable bonds is 4. The maximum absolute atomic E-state index is 12.4. The molecule has 7 heteroatoms. The second-order valence-electron chi connectivity index (χ2n) is 10.0. The summed E-state index contributed by atoms with van der Waals surface area (Å²) in [7, 11) is 0. The first-order chi connectivity index (χ1) is 14.7. The first-order valence-electron chi connectivity index (χ1n) is 11.4. The lowest BCUT2D eigenvalue weighted by Gasteiger charge is -2.35. The van der Waals surface area contributed by atoms with Crippen molar-refractivity contribution in [1.82, 2.24) is 19.7 Å². The van der Waals surface area contributed by atoms with Crippen LogP contribution in [0.3, 0.4) is 0 Å². The Bertz CT molecular complexity index is 918. The summed E-state index contributed by atoms with van der Waals surface area (Å²) in [6, 6.07) is 6.56. The molecule has 2 aromatic heterocycles. The second kappa shape index (κ2) is 8.61. The van der Waals surface area contributed by atoms with Crippen LogP contribution < -0.4 is 5.73 Å². The van der Waals surface area contributed by atoms with Gasteiger partial charge in [-0.1, -0.05) is 6.07 Å². The quantitative estimate of drug-likeness (QED) is 0.790. The van der Waals surface area contributed by atoms with E-state index in [4.69, 9.17) is 20.6 Å². The Hall–Kier alpha value is -2.41. The molecule has 0 radical (unpaired) electrons. The fourth-order valence-electron chi connectivity index (χ4n) is 4.56. The highest BCUT2D eigenvalue weighted by atomic mass is 16.6. The number of aryl methyl sites for hydroxylation is 1. The number of likely N-dealkylation sites (tertiary alicyclic amines) is 1. The zero-order valence-electron chi connectivity index (χ0n) is 19.2. The maximum atomic E-state index is 12.4. The van der Waals surface area contributed by atoms with Gasteiger partial charge in [0.2, 0.25) is 0 Å². The smallest absolute Gasteiger partial charge is 0.410 e. The van der Waals surface area contributed by atoms with Gasteiger partial charge < -0.3 is 15.4 Å². The molecule has 0 atom stereocenters. The Morgan fingerprint density at radius 2 is 1.94 bits per heavy atom. The molecule has 31 heavy (non-hydrogen) atoms. The molecule has 3 heterocycles. The van der Waals surface area contributed by atoms with Crippen LogP contribution in [-0.2, 0) is 4.74 Å². The molecule has 4 rings (SSSR count). The van der Waals surface area contributed by atoms with Crippen molar-refractivity contribution < 1.29 is 9.53 Å². The summed E-state index contributed by atoms with van der Waals surface area (Å²) in [4.78, 5) is 19.0. The third kappa shape index (κ3) is 4.92. The van der Waals surface area contributed by atoms with Gasteiger partial charge in [-0.3, -0.25) is 9.67 Å². The first kappa shape index (κ1) is 21.8. The van der Waals surface area contributed by atoms with Gasteiger partial charge in [-0.15, -0.1) is 0 Å². The maximum Gasteiger partial charge on any atom is 0.410 e. The number of pyridine rings is 1. The second-order valence-corrected chi connectivity index (χ2v) is 10.0. The van der Waals surface area contributed by atoms with Crippen LogP contribution in [0, 0.1) is 12.8 Å². The van der Waals surface area contributed by atoms with E-state index in [1.54, 1.807) is 0 Å². The predicted molar refractivity (Wildman–Crippen MR) is 121 cm³/mol. The molecule has 2 fully saturated rings. The number of hydrogen-bond donors (Lipinski definition) is 1. The third-order valence-electron chi connectivity index (χ3n) is 6.38. The zero-order chi connectivity index (χ0) is 22.2. The topological polar surface area (TPSA) is 86.3 Å². The van der Waals surface area contributed by atoms with Gasteiger partial charge >= 0.3 is 6.09 Å². The molecule has 1 saturated carbocycles. The lowest BCUT2D eigenvalue weighted by atomic mass is 9.80. The van der Waals surface area contributed by atoms with Crippen molar-refractivity contribution in [1.29, 1.82) is 0 Å². The highest BCUT2D eigenvalue weighted by Gasteiger charge is 2.34. The average molecular weight is 426 g/mol. The third-order valence-corrected chi connectivity index (χ3v) is 6.38. The number of ether oxygens (including phenoxy) is 1. The van der Waals surface area contributed by atoms with Crippen molar-refractivity contribution in [2.24, 2.45) is 11.7 Å². The fraction of sp³-hybridized carbons (Fsp3) is 0.625. The lowest BCUT2D eigenvalue weighted by molar-refractivity contribution is 0.0204. The van der Waals surface area contributed by atoms with Gasteiger partial charge in [-0.25, -0.2) is 4.79 Å². The summed E-state index contributed by atoms with van der Waals surface area (Å²) in [6.07, 6.45) is 5.90. The standard InChI is InChI=1S/C24H35N5O2/c1-16-6-5-7-21(26-16)20-15-29(19-12-17(13-19)14-25)27-22(20)18-8-10-28(11-9-18)23(30)31-24(2,3)4/h5-7,15,17-19H,8-14,25H2,1-4H3/t17-,19-. The molecular formula is C24H35N5O2. The van der Waals surface area contributed by atoms with E-state index in [1.165, 1.54) is 0 Å². The Labute approximate surface area is 185 Å². The fourth-order valence-corrected chi connectivity index (χ4v) is 4.56. The van der Waals surface area contributed by atoms with Crippen LogP contribution in [0.1, 0.15) is 69.8 Å². The van der Waals surface area contributed by atoms with Crippen molar-refractivity contribution in [2.75, 3.05) is 19.6 Å². The highest BCUT2D eigenvalue weighted by Crippen LogP contribution is 2.40. The normalized spacial score (nSPS) is 22.3. The molecule has 1 aliphatic carbocycles. The van der Waals surface area contributed by atoms with Gasteiger partial charge in [0.15, 0.2) is 0 Å².